The van der Waals surface area contributed by atoms with Crippen LogP contribution in [0, 0.1) is 0 Å². The van der Waals surface area contributed by atoms with Gasteiger partial charge in [0.25, 0.3) is 5.56 Å². The van der Waals surface area contributed by atoms with Gasteiger partial charge in [-0.25, -0.2) is 4.98 Å². The molecule has 0 radical (unpaired) electrons. The van der Waals surface area contributed by atoms with Gasteiger partial charge in [-0.15, -0.1) is 0 Å². The lowest BCUT2D eigenvalue weighted by molar-refractivity contribution is 0.746. The third-order valence-electron chi connectivity index (χ3n) is 3.64. The van der Waals surface area contributed by atoms with Gasteiger partial charge in [-0.2, -0.15) is 0 Å². The number of nitrogens with one attached hydrogen (secondary N) is 1. The van der Waals surface area contributed by atoms with Gasteiger partial charge in [0.05, 0.1) is 12.9 Å². The second kappa shape index (κ2) is 4.96. The average Bonchev–Trinajstić information content (AvgIpc) is 2.90. The first-order chi connectivity index (χ1) is 10.7. The quantitative estimate of drug-likeness (QED) is 0.619. The first kappa shape index (κ1) is 13.0. The van der Waals surface area contributed by atoms with E-state index in [-0.39, 0.29) is 5.56 Å². The van der Waals surface area contributed by atoms with Crippen molar-refractivity contribution in [2.45, 2.75) is 6.54 Å². The Morgan fingerprint density at radius 2 is 2.00 bits per heavy atom. The van der Waals surface area contributed by atoms with Gasteiger partial charge in [0, 0.05) is 28.3 Å². The van der Waals surface area contributed by atoms with Crippen LogP contribution in [0.5, 0.6) is 0 Å². The van der Waals surface area contributed by atoms with Gasteiger partial charge in [0.1, 0.15) is 11.0 Å². The van der Waals surface area contributed by atoms with Crippen LogP contribution in [0.25, 0.3) is 21.9 Å². The lowest BCUT2D eigenvalue weighted by atomic mass is 10.2. The topological polar surface area (TPSA) is 63.6 Å². The van der Waals surface area contributed by atoms with Crippen molar-refractivity contribution in [1.82, 2.24) is 19.5 Å². The Hall–Kier alpha value is -2.66. The lowest BCUT2D eigenvalue weighted by Gasteiger charge is -2.04. The molecule has 0 bridgehead atoms. The van der Waals surface area contributed by atoms with Crippen molar-refractivity contribution < 1.29 is 0 Å². The number of pyridine rings is 1. The molecule has 3 heterocycles. The zero-order valence-electron chi connectivity index (χ0n) is 11.5. The molecule has 22 heavy (non-hydrogen) atoms. The summed E-state index contributed by atoms with van der Waals surface area (Å²) in [4.78, 5) is 24.2. The van der Waals surface area contributed by atoms with Crippen LogP contribution in [-0.4, -0.2) is 19.5 Å². The maximum Gasteiger partial charge on any atom is 0.277 e. The molecule has 0 atom stereocenters. The highest BCUT2D eigenvalue weighted by Crippen LogP contribution is 2.24. The number of nitrogens with zero attached hydrogens (tertiary/aromatic N) is 3. The molecule has 0 saturated carbocycles. The molecule has 0 amide bonds. The third kappa shape index (κ3) is 2.07. The van der Waals surface area contributed by atoms with E-state index in [2.05, 4.69) is 15.0 Å². The maximum atomic E-state index is 12.6. The zero-order chi connectivity index (χ0) is 15.1. The molecule has 1 aromatic carbocycles. The number of aromatic nitrogens is 4. The SMILES string of the molecule is O=c1c2[nH]c3ccc(Cl)cc3c2ncn1Cc1ccncc1. The molecule has 0 aliphatic carbocycles. The monoisotopic (exact) mass is 310 g/mol. The predicted octanol–water partition coefficient (Wildman–Crippen LogP) is 2.97. The summed E-state index contributed by atoms with van der Waals surface area (Å²) in [6.07, 6.45) is 4.98. The molecule has 3 aromatic heterocycles. The van der Waals surface area contributed by atoms with Gasteiger partial charge in [0.15, 0.2) is 0 Å². The summed E-state index contributed by atoms with van der Waals surface area (Å²) in [6.45, 7) is 0.459. The van der Waals surface area contributed by atoms with Crippen molar-refractivity contribution in [2.24, 2.45) is 0 Å². The Morgan fingerprint density at radius 1 is 1.18 bits per heavy atom. The van der Waals surface area contributed by atoms with E-state index in [1.165, 1.54) is 0 Å². The van der Waals surface area contributed by atoms with Gasteiger partial charge in [-0.1, -0.05) is 11.6 Å². The van der Waals surface area contributed by atoms with E-state index < -0.39 is 0 Å². The number of hydrogen-bond acceptors (Lipinski definition) is 3. The van der Waals surface area contributed by atoms with Crippen LogP contribution < -0.4 is 5.56 Å². The molecular formula is C16H11ClN4O. The number of H-pyrrole nitrogens is 1. The molecule has 0 spiro atoms. The number of aromatic amines is 1. The molecule has 108 valence electrons. The fraction of sp³-hybridized carbons (Fsp3) is 0.0625. The van der Waals surface area contributed by atoms with Crippen LogP contribution >= 0.6 is 11.6 Å². The van der Waals surface area contributed by atoms with Crippen molar-refractivity contribution in [1.29, 1.82) is 0 Å². The van der Waals surface area contributed by atoms with Crippen LogP contribution in [0.4, 0.5) is 0 Å². The maximum absolute atomic E-state index is 12.6. The van der Waals surface area contributed by atoms with E-state index in [4.69, 9.17) is 11.6 Å². The zero-order valence-corrected chi connectivity index (χ0v) is 12.2. The molecule has 6 heteroatoms. The fourth-order valence-corrected chi connectivity index (χ4v) is 2.73. The largest absolute Gasteiger partial charge is 0.349 e. The summed E-state index contributed by atoms with van der Waals surface area (Å²) >= 11 is 6.02. The molecule has 0 saturated heterocycles. The molecule has 4 rings (SSSR count). The molecular weight excluding hydrogens is 300 g/mol. The predicted molar refractivity (Wildman–Crippen MR) is 86.2 cm³/mol. The Morgan fingerprint density at radius 3 is 2.82 bits per heavy atom. The van der Waals surface area contributed by atoms with Crippen LogP contribution in [0.3, 0.4) is 0 Å². The molecule has 4 aromatic rings. The first-order valence-electron chi connectivity index (χ1n) is 6.77. The van der Waals surface area contributed by atoms with E-state index in [9.17, 15) is 4.79 Å². The minimum Gasteiger partial charge on any atom is -0.349 e. The summed E-state index contributed by atoms with van der Waals surface area (Å²) in [6, 6.07) is 9.21. The van der Waals surface area contributed by atoms with Crippen molar-refractivity contribution in [2.75, 3.05) is 0 Å². The normalized spacial score (nSPS) is 11.3. The lowest BCUT2D eigenvalue weighted by Crippen LogP contribution is -2.21. The number of benzene rings is 1. The Bertz CT molecular complexity index is 1040. The van der Waals surface area contributed by atoms with Crippen molar-refractivity contribution in [3.05, 3.63) is 70.0 Å². The number of halogens is 1. The molecule has 0 aliphatic heterocycles. The fourth-order valence-electron chi connectivity index (χ4n) is 2.56. The molecule has 0 unspecified atom stereocenters. The third-order valence-corrected chi connectivity index (χ3v) is 3.87. The van der Waals surface area contributed by atoms with Gasteiger partial charge >= 0.3 is 0 Å². The van der Waals surface area contributed by atoms with Gasteiger partial charge < -0.3 is 4.98 Å². The highest BCUT2D eigenvalue weighted by Gasteiger charge is 2.11. The first-order valence-corrected chi connectivity index (χ1v) is 7.15. The van der Waals surface area contributed by atoms with Crippen LogP contribution in [0.2, 0.25) is 5.02 Å². The Balaban J connectivity index is 1.90. The van der Waals surface area contributed by atoms with Gasteiger partial charge in [0.2, 0.25) is 0 Å². The van der Waals surface area contributed by atoms with Crippen molar-refractivity contribution in [3.63, 3.8) is 0 Å². The van der Waals surface area contributed by atoms with Crippen molar-refractivity contribution >= 4 is 33.5 Å². The van der Waals surface area contributed by atoms with Crippen LogP contribution in [-0.2, 0) is 6.54 Å². The smallest absolute Gasteiger partial charge is 0.277 e. The molecule has 1 N–H and O–H groups in total. The average molecular weight is 311 g/mol. The summed E-state index contributed by atoms with van der Waals surface area (Å²) in [5.74, 6) is 0. The van der Waals surface area contributed by atoms with Crippen LogP contribution in [0.1, 0.15) is 5.56 Å². The van der Waals surface area contributed by atoms with Crippen LogP contribution in [0.15, 0.2) is 53.8 Å². The second-order valence-electron chi connectivity index (χ2n) is 5.07. The van der Waals surface area contributed by atoms with Gasteiger partial charge in [-0.3, -0.25) is 14.3 Å². The Labute approximate surface area is 130 Å². The number of fused-ring (bicyclic) bond motifs is 3. The highest BCUT2D eigenvalue weighted by atomic mass is 35.5. The van der Waals surface area contributed by atoms with Crippen molar-refractivity contribution in [3.8, 4) is 0 Å². The minimum absolute atomic E-state index is 0.103. The summed E-state index contributed by atoms with van der Waals surface area (Å²) in [5.41, 5.74) is 2.89. The number of hydrogen-bond donors (Lipinski definition) is 1. The summed E-state index contributed by atoms with van der Waals surface area (Å²) < 4.78 is 1.58. The highest BCUT2D eigenvalue weighted by molar-refractivity contribution is 6.31. The minimum atomic E-state index is -0.103. The standard InChI is InChI=1S/C16H11ClN4O/c17-11-1-2-13-12(7-11)14-15(20-13)16(22)21(9-19-14)8-10-3-5-18-6-4-10/h1-7,9,20H,8H2. The Kier molecular flexibility index (Phi) is 2.94. The van der Waals surface area contributed by atoms with E-state index in [1.54, 1.807) is 29.4 Å². The summed E-state index contributed by atoms with van der Waals surface area (Å²) in [5, 5.41) is 1.48. The van der Waals surface area contributed by atoms with E-state index >= 15 is 0 Å². The van der Waals surface area contributed by atoms with E-state index in [1.807, 2.05) is 24.3 Å². The molecule has 0 aliphatic rings. The van der Waals surface area contributed by atoms with Gasteiger partial charge in [-0.05, 0) is 35.9 Å². The second-order valence-corrected chi connectivity index (χ2v) is 5.51. The van der Waals surface area contributed by atoms with E-state index in [0.29, 0.717) is 22.6 Å². The molecule has 5 nitrogen and oxygen atoms in total. The summed E-state index contributed by atoms with van der Waals surface area (Å²) in [7, 11) is 0. The van der Waals surface area contributed by atoms with E-state index in [0.717, 1.165) is 16.5 Å². The number of rotatable bonds is 2. The molecule has 0 fully saturated rings.